The first kappa shape index (κ1) is 50.9. The average Bonchev–Trinajstić information content (AvgIpc) is 3.25. The van der Waals surface area contributed by atoms with E-state index in [9.17, 15) is 33.6 Å². The Morgan fingerprint density at radius 2 is 1.15 bits per heavy atom. The maximum absolute atomic E-state index is 11.8. The van der Waals surface area contributed by atoms with E-state index < -0.39 is 23.8 Å². The highest BCUT2D eigenvalue weighted by molar-refractivity contribution is 5.98. The Morgan fingerprint density at radius 3 is 1.56 bits per heavy atom. The summed E-state index contributed by atoms with van der Waals surface area (Å²) in [6.45, 7) is 11.5. The van der Waals surface area contributed by atoms with Crippen LogP contribution in [0.1, 0.15) is 81.0 Å². The molecule has 0 spiro atoms. The highest BCUT2D eigenvalue weighted by Crippen LogP contribution is 2.24. The zero-order valence-corrected chi connectivity index (χ0v) is 37.7. The van der Waals surface area contributed by atoms with Gasteiger partial charge in [0.2, 0.25) is 29.6 Å². The van der Waals surface area contributed by atoms with E-state index in [-0.39, 0.29) is 40.7 Å². The molecule has 6 rings (SSSR count). The van der Waals surface area contributed by atoms with Crippen molar-refractivity contribution < 1.29 is 38.3 Å². The van der Waals surface area contributed by atoms with Gasteiger partial charge in [0.15, 0.2) is 0 Å². The topological polar surface area (TPSA) is 320 Å². The summed E-state index contributed by atoms with van der Waals surface area (Å²) in [5, 5.41) is 21.4. The highest BCUT2D eigenvalue weighted by atomic mass is 16.6. The molecule has 5 amide bonds. The number of carbonyl (C=O) groups excluding carboxylic acids is 7. The van der Waals surface area contributed by atoms with Gasteiger partial charge in [0.05, 0.1) is 11.1 Å². The van der Waals surface area contributed by atoms with Gasteiger partial charge < -0.3 is 58.3 Å². The van der Waals surface area contributed by atoms with Crippen molar-refractivity contribution >= 4 is 87.8 Å². The SMILES string of the molecule is CC(=O)Nc1cccc(Nc2ncc(C(N)=O)c(NCC3CCCN(C(C)=O)C3)n2)c1.CC(=O)Nc1cccc(Nc2ncc(C(N)=O)c(NCC3CCCNC3)n2)c1.CC(=O)OC(C)=O. The first-order valence-corrected chi connectivity index (χ1v) is 21.2. The lowest BCUT2D eigenvalue weighted by atomic mass is 9.98. The Bertz CT molecular complexity index is 2350. The number of amides is 5. The van der Waals surface area contributed by atoms with E-state index in [0.717, 1.165) is 45.3 Å². The Balaban J connectivity index is 0.000000253. The molecule has 0 radical (unpaired) electrons. The number of rotatable bonds is 14. The molecular formula is C44H58N14O8. The smallest absolute Gasteiger partial charge is 0.310 e. The standard InChI is InChI=1S/C21H27N7O3.C19H25N7O2.C4H6O3/c1-13(29)25-16-6-3-7-17(9-16)26-21-24-11-18(19(22)31)20(27-21)23-10-15-5-4-8-28(12-15)14(2)30;1-12(27)24-14-5-2-6-15(8-14)25-19-23-11-16(17(20)28)18(26-19)22-10-13-4-3-7-21-9-13;1-3(5)7-4(2)6/h3,6-7,9,11,15H,4-5,8,10,12H2,1-2H3,(H2,22,31)(H,25,29)(H2,23,24,26,27);2,5-6,8,11,13,21H,3-4,7,9-10H2,1H3,(H2,20,28)(H,24,27)(H2,22,23,25,26);1-2H3. The molecule has 4 heterocycles. The third-order valence-electron chi connectivity index (χ3n) is 9.75. The summed E-state index contributed by atoms with van der Waals surface area (Å²) in [5.41, 5.74) is 14.1. The molecule has 22 heteroatoms. The van der Waals surface area contributed by atoms with E-state index in [4.69, 9.17) is 11.5 Å². The maximum Gasteiger partial charge on any atom is 0.310 e. The summed E-state index contributed by atoms with van der Waals surface area (Å²) in [6.07, 6.45) is 6.97. The van der Waals surface area contributed by atoms with Gasteiger partial charge in [0, 0.05) is 95.9 Å². The summed E-state index contributed by atoms with van der Waals surface area (Å²) < 4.78 is 3.97. The lowest BCUT2D eigenvalue weighted by molar-refractivity contribution is -0.156. The van der Waals surface area contributed by atoms with Crippen LogP contribution in [0.3, 0.4) is 0 Å². The molecule has 2 aliphatic rings. The third-order valence-corrected chi connectivity index (χ3v) is 9.75. The van der Waals surface area contributed by atoms with Crippen LogP contribution >= 0.6 is 0 Å². The van der Waals surface area contributed by atoms with Crippen LogP contribution in [0, 0.1) is 11.8 Å². The number of hydrogen-bond acceptors (Lipinski definition) is 17. The molecule has 66 heavy (non-hydrogen) atoms. The number of carbonyl (C=O) groups is 7. The predicted molar refractivity (Wildman–Crippen MR) is 249 cm³/mol. The molecule has 2 aromatic carbocycles. The molecule has 2 aromatic heterocycles. The van der Waals surface area contributed by atoms with Crippen LogP contribution in [0.4, 0.5) is 46.3 Å². The van der Waals surface area contributed by atoms with Gasteiger partial charge in [-0.05, 0) is 87.0 Å². The summed E-state index contributed by atoms with van der Waals surface area (Å²) >= 11 is 0. The molecule has 2 atom stereocenters. The highest BCUT2D eigenvalue weighted by Gasteiger charge is 2.23. The Hall–Kier alpha value is -7.75. The number of esters is 2. The zero-order valence-electron chi connectivity index (χ0n) is 37.7. The van der Waals surface area contributed by atoms with E-state index >= 15 is 0 Å². The second-order valence-corrected chi connectivity index (χ2v) is 15.4. The van der Waals surface area contributed by atoms with Crippen molar-refractivity contribution in [2.24, 2.45) is 23.3 Å². The minimum atomic E-state index is -0.629. The molecule has 11 N–H and O–H groups in total. The van der Waals surface area contributed by atoms with Crippen molar-refractivity contribution in [2.75, 3.05) is 71.2 Å². The van der Waals surface area contributed by atoms with Crippen LogP contribution in [0.2, 0.25) is 0 Å². The Kier molecular flexibility index (Phi) is 19.7. The number of benzene rings is 2. The molecule has 2 aliphatic heterocycles. The van der Waals surface area contributed by atoms with Crippen molar-refractivity contribution in [3.8, 4) is 0 Å². The lowest BCUT2D eigenvalue weighted by Crippen LogP contribution is -2.40. The molecule has 0 saturated carbocycles. The van der Waals surface area contributed by atoms with E-state index in [1.54, 1.807) is 43.3 Å². The fourth-order valence-corrected chi connectivity index (χ4v) is 6.83. The van der Waals surface area contributed by atoms with Crippen LogP contribution in [0.5, 0.6) is 0 Å². The lowest BCUT2D eigenvalue weighted by Gasteiger charge is -2.32. The predicted octanol–water partition coefficient (Wildman–Crippen LogP) is 3.73. The number of likely N-dealkylation sites (tertiary alicyclic amines) is 1. The Labute approximate surface area is 382 Å². The summed E-state index contributed by atoms with van der Waals surface area (Å²) in [4.78, 5) is 96.3. The van der Waals surface area contributed by atoms with E-state index in [1.165, 1.54) is 40.1 Å². The van der Waals surface area contributed by atoms with Gasteiger partial charge in [0.25, 0.3) is 11.8 Å². The largest absolute Gasteiger partial charge is 0.394 e. The molecule has 352 valence electrons. The van der Waals surface area contributed by atoms with E-state index in [1.807, 2.05) is 17.0 Å². The van der Waals surface area contributed by atoms with Crippen LogP contribution in [-0.2, 0) is 28.7 Å². The third kappa shape index (κ3) is 17.8. The fourth-order valence-electron chi connectivity index (χ4n) is 6.83. The van der Waals surface area contributed by atoms with Gasteiger partial charge in [-0.25, -0.2) is 9.97 Å². The number of primary amides is 2. The number of hydrogen-bond donors (Lipinski definition) is 9. The number of ether oxygens (including phenoxy) is 1. The number of aromatic nitrogens is 4. The molecule has 22 nitrogen and oxygen atoms in total. The van der Waals surface area contributed by atoms with Gasteiger partial charge >= 0.3 is 11.9 Å². The van der Waals surface area contributed by atoms with Gasteiger partial charge in [-0.1, -0.05) is 12.1 Å². The molecular weight excluding hydrogens is 853 g/mol. The molecule has 2 fully saturated rings. The zero-order chi connectivity index (χ0) is 48.2. The Morgan fingerprint density at radius 1 is 0.682 bits per heavy atom. The molecule has 2 unspecified atom stereocenters. The van der Waals surface area contributed by atoms with Crippen LogP contribution < -0.4 is 48.7 Å². The van der Waals surface area contributed by atoms with Crippen molar-refractivity contribution in [1.29, 1.82) is 0 Å². The van der Waals surface area contributed by atoms with Gasteiger partial charge in [-0.15, -0.1) is 0 Å². The minimum absolute atomic E-state index is 0.0672. The second-order valence-electron chi connectivity index (χ2n) is 15.4. The summed E-state index contributed by atoms with van der Waals surface area (Å²) in [6, 6.07) is 14.3. The van der Waals surface area contributed by atoms with Gasteiger partial charge in [-0.3, -0.25) is 33.6 Å². The molecule has 0 bridgehead atoms. The van der Waals surface area contributed by atoms with Gasteiger partial charge in [0.1, 0.15) is 11.6 Å². The maximum atomic E-state index is 11.8. The molecule has 2 saturated heterocycles. The van der Waals surface area contributed by atoms with Crippen molar-refractivity contribution in [1.82, 2.24) is 30.2 Å². The number of nitrogens with two attached hydrogens (primary N) is 2. The van der Waals surface area contributed by atoms with Crippen LogP contribution in [0.15, 0.2) is 60.9 Å². The van der Waals surface area contributed by atoms with E-state index in [2.05, 4.69) is 61.9 Å². The first-order valence-electron chi connectivity index (χ1n) is 21.2. The number of piperidine rings is 2. The quantitative estimate of drug-likeness (QED) is 0.0643. The van der Waals surface area contributed by atoms with Crippen LogP contribution in [0.25, 0.3) is 0 Å². The van der Waals surface area contributed by atoms with Crippen LogP contribution in [-0.4, -0.2) is 106 Å². The average molecular weight is 911 g/mol. The summed E-state index contributed by atoms with van der Waals surface area (Å²) in [7, 11) is 0. The number of nitrogens with one attached hydrogen (secondary N) is 7. The molecule has 4 aromatic rings. The normalized spacial score (nSPS) is 15.1. The first-order chi connectivity index (χ1) is 31.4. The minimum Gasteiger partial charge on any atom is -0.394 e. The van der Waals surface area contributed by atoms with E-state index in [0.29, 0.717) is 65.9 Å². The van der Waals surface area contributed by atoms with Crippen molar-refractivity contribution in [3.05, 3.63) is 72.1 Å². The van der Waals surface area contributed by atoms with Gasteiger partial charge in [-0.2, -0.15) is 9.97 Å². The molecule has 0 aliphatic carbocycles. The monoisotopic (exact) mass is 910 g/mol. The number of anilines is 8. The van der Waals surface area contributed by atoms with Crippen molar-refractivity contribution in [2.45, 2.75) is 60.3 Å². The second kappa shape index (κ2) is 25.5. The van der Waals surface area contributed by atoms with Crippen molar-refractivity contribution in [3.63, 3.8) is 0 Å². The summed E-state index contributed by atoms with van der Waals surface area (Å²) in [5.74, 6) is -0.516. The number of nitrogens with zero attached hydrogens (tertiary/aromatic N) is 5. The fraction of sp³-hybridized carbons (Fsp3) is 0.386.